The van der Waals surface area contributed by atoms with Crippen LogP contribution in [-0.4, -0.2) is 21.0 Å². The van der Waals surface area contributed by atoms with Crippen molar-refractivity contribution in [3.05, 3.63) is 162 Å². The van der Waals surface area contributed by atoms with E-state index in [9.17, 15) is 0 Å². The molecule has 6 aromatic carbocycles. The van der Waals surface area contributed by atoms with E-state index in [2.05, 4.69) is 134 Å². The quantitative estimate of drug-likeness (QED) is 0.189. The lowest BCUT2D eigenvalue weighted by molar-refractivity contribution is 0.658. The van der Waals surface area contributed by atoms with Gasteiger partial charge < -0.3 is 9.32 Å². The number of nitrogens with zero attached hydrogens (tertiary/aromatic N) is 4. The summed E-state index contributed by atoms with van der Waals surface area (Å²) in [6, 6.07) is 42.8. The van der Waals surface area contributed by atoms with Gasteiger partial charge in [0.15, 0.2) is 11.6 Å². The predicted molar refractivity (Wildman–Crippen MR) is 206 cm³/mol. The van der Waals surface area contributed by atoms with Crippen LogP contribution < -0.4 is 4.90 Å². The summed E-state index contributed by atoms with van der Waals surface area (Å²) in [6.45, 7) is 4.69. The number of aromatic nitrogens is 3. The molecule has 3 aliphatic rings. The number of rotatable bonds is 3. The fourth-order valence-electron chi connectivity index (χ4n) is 8.84. The minimum atomic E-state index is -0.0880. The molecule has 5 heteroatoms. The third-order valence-electron chi connectivity index (χ3n) is 11.3. The van der Waals surface area contributed by atoms with Crippen LogP contribution in [0.5, 0.6) is 0 Å². The molecule has 8 aromatic rings. The van der Waals surface area contributed by atoms with Gasteiger partial charge in [-0.05, 0) is 56.8 Å². The zero-order valence-electron chi connectivity index (χ0n) is 28.2. The first-order valence-corrected chi connectivity index (χ1v) is 17.6. The minimum Gasteiger partial charge on any atom is -0.456 e. The van der Waals surface area contributed by atoms with Crippen molar-refractivity contribution in [3.63, 3.8) is 0 Å². The molecule has 2 unspecified atom stereocenters. The fourth-order valence-corrected chi connectivity index (χ4v) is 8.84. The molecule has 0 bridgehead atoms. The lowest BCUT2D eigenvalue weighted by atomic mass is 9.80. The molecule has 0 N–H and O–H groups in total. The van der Waals surface area contributed by atoms with Crippen molar-refractivity contribution in [1.82, 2.24) is 15.0 Å². The molecule has 0 saturated carbocycles. The second kappa shape index (κ2) is 10.3. The van der Waals surface area contributed by atoms with E-state index in [-0.39, 0.29) is 17.4 Å². The summed E-state index contributed by atoms with van der Waals surface area (Å²) in [5.41, 5.74) is 11.2. The highest BCUT2D eigenvalue weighted by atomic mass is 16.3. The molecule has 0 amide bonds. The van der Waals surface area contributed by atoms with Gasteiger partial charge in [0.25, 0.3) is 0 Å². The number of benzene rings is 6. The molecule has 51 heavy (non-hydrogen) atoms. The van der Waals surface area contributed by atoms with Gasteiger partial charge in [0, 0.05) is 38.9 Å². The summed E-state index contributed by atoms with van der Waals surface area (Å²) in [4.78, 5) is 18.2. The van der Waals surface area contributed by atoms with Gasteiger partial charge in [-0.25, -0.2) is 4.98 Å². The number of allylic oxidation sites excluding steroid dienone is 2. The van der Waals surface area contributed by atoms with Gasteiger partial charge in [-0.1, -0.05) is 141 Å². The van der Waals surface area contributed by atoms with Crippen molar-refractivity contribution in [2.75, 3.05) is 4.90 Å². The van der Waals surface area contributed by atoms with Crippen LogP contribution in [0, 0.1) is 0 Å². The van der Waals surface area contributed by atoms with E-state index in [1.165, 1.54) is 27.8 Å². The maximum absolute atomic E-state index is 6.47. The molecule has 0 saturated heterocycles. The Hall–Kier alpha value is -6.33. The zero-order chi connectivity index (χ0) is 33.8. The molecule has 11 rings (SSSR count). The molecule has 2 aliphatic carbocycles. The second-order valence-electron chi connectivity index (χ2n) is 14.4. The topological polar surface area (TPSA) is 55.1 Å². The van der Waals surface area contributed by atoms with Crippen LogP contribution in [-0.2, 0) is 5.41 Å². The number of anilines is 2. The first-order chi connectivity index (χ1) is 25.0. The predicted octanol–water partition coefficient (Wildman–Crippen LogP) is 11.3. The normalized spacial score (nSPS) is 18.0. The Kier molecular flexibility index (Phi) is 5.78. The second-order valence-corrected chi connectivity index (χ2v) is 14.4. The average molecular weight is 657 g/mol. The molecule has 0 fully saturated rings. The Labute approximate surface area is 295 Å². The van der Waals surface area contributed by atoms with Crippen LogP contribution in [0.25, 0.3) is 66.6 Å². The first kappa shape index (κ1) is 28.5. The Bertz CT molecular complexity index is 2810. The summed E-state index contributed by atoms with van der Waals surface area (Å²) in [5, 5.41) is 4.40. The highest BCUT2D eigenvalue weighted by Crippen LogP contribution is 2.55. The van der Waals surface area contributed by atoms with Crippen molar-refractivity contribution in [2.24, 2.45) is 0 Å². The Morgan fingerprint density at radius 1 is 0.588 bits per heavy atom. The van der Waals surface area contributed by atoms with Crippen LogP contribution in [0.15, 0.2) is 150 Å². The SMILES string of the molecule is CC1(C)c2ccccc2-c2cc3c(cc21)C1C=CC=CC1N3c1nc(-c2ccccc2)nc(-c2cc3oc4ccccc4c3c3ccccc23)n1. The van der Waals surface area contributed by atoms with E-state index >= 15 is 0 Å². The average Bonchev–Trinajstić information content (AvgIpc) is 3.79. The van der Waals surface area contributed by atoms with Gasteiger partial charge in [-0.15, -0.1) is 0 Å². The van der Waals surface area contributed by atoms with Crippen molar-refractivity contribution in [2.45, 2.75) is 31.2 Å². The standard InChI is InChI=1S/C46H32N4O/c1-46(2)36-21-11-8-17-29(36)33-25-39-34(24-37(33)46)30-18-9-12-22-38(30)50(39)45-48-43(27-14-4-3-5-15-27)47-44(49-45)35-26-41-42(31-19-7-6-16-28(31)35)32-20-10-13-23-40(32)51-41/h3-26,30,38H,1-2H3. The van der Waals surface area contributed by atoms with Gasteiger partial charge in [-0.2, -0.15) is 9.97 Å². The van der Waals surface area contributed by atoms with E-state index in [4.69, 9.17) is 19.4 Å². The molecular formula is C46H32N4O. The summed E-state index contributed by atoms with van der Waals surface area (Å²) in [7, 11) is 0. The van der Waals surface area contributed by atoms with Crippen LogP contribution >= 0.6 is 0 Å². The number of fused-ring (bicyclic) bond motifs is 11. The highest BCUT2D eigenvalue weighted by Gasteiger charge is 2.43. The molecule has 5 nitrogen and oxygen atoms in total. The molecule has 3 heterocycles. The van der Waals surface area contributed by atoms with Gasteiger partial charge in [0.05, 0.1) is 6.04 Å². The molecule has 2 atom stereocenters. The molecule has 2 aromatic heterocycles. The van der Waals surface area contributed by atoms with Crippen molar-refractivity contribution < 1.29 is 4.42 Å². The lowest BCUT2D eigenvalue weighted by Gasteiger charge is -2.27. The molecule has 1 aliphatic heterocycles. The van der Waals surface area contributed by atoms with Gasteiger partial charge in [-0.3, -0.25) is 0 Å². The number of hydrogen-bond donors (Lipinski definition) is 0. The maximum atomic E-state index is 6.47. The Morgan fingerprint density at radius 3 is 2.20 bits per heavy atom. The molecule has 0 radical (unpaired) electrons. The monoisotopic (exact) mass is 656 g/mol. The first-order valence-electron chi connectivity index (χ1n) is 17.6. The minimum absolute atomic E-state index is 0.0272. The Morgan fingerprint density at radius 2 is 1.31 bits per heavy atom. The molecule has 0 spiro atoms. The molecule has 242 valence electrons. The largest absolute Gasteiger partial charge is 0.456 e. The van der Waals surface area contributed by atoms with Gasteiger partial charge >= 0.3 is 0 Å². The smallest absolute Gasteiger partial charge is 0.234 e. The van der Waals surface area contributed by atoms with Crippen LogP contribution in [0.2, 0.25) is 0 Å². The highest BCUT2D eigenvalue weighted by molar-refractivity contribution is 6.21. The van der Waals surface area contributed by atoms with Crippen molar-refractivity contribution in [3.8, 4) is 33.9 Å². The number of furan rings is 1. The van der Waals surface area contributed by atoms with Crippen LogP contribution in [0.3, 0.4) is 0 Å². The Balaban J connectivity index is 1.18. The maximum Gasteiger partial charge on any atom is 0.234 e. The summed E-state index contributed by atoms with van der Waals surface area (Å²) >= 11 is 0. The summed E-state index contributed by atoms with van der Waals surface area (Å²) in [6.07, 6.45) is 8.94. The fraction of sp³-hybridized carbons (Fsp3) is 0.109. The van der Waals surface area contributed by atoms with Crippen LogP contribution in [0.1, 0.15) is 36.5 Å². The lowest BCUT2D eigenvalue weighted by Crippen LogP contribution is -2.30. The van der Waals surface area contributed by atoms with Gasteiger partial charge in [0.2, 0.25) is 5.95 Å². The summed E-state index contributed by atoms with van der Waals surface area (Å²) in [5.74, 6) is 2.05. The van der Waals surface area contributed by atoms with Crippen LogP contribution in [0.4, 0.5) is 11.6 Å². The van der Waals surface area contributed by atoms with E-state index in [0.29, 0.717) is 17.6 Å². The van der Waals surface area contributed by atoms with Gasteiger partial charge in [0.1, 0.15) is 11.2 Å². The van der Waals surface area contributed by atoms with Crippen molar-refractivity contribution >= 4 is 44.3 Å². The van der Waals surface area contributed by atoms with E-state index in [1.807, 2.05) is 30.3 Å². The number of para-hydroxylation sites is 1. The molecular weight excluding hydrogens is 625 g/mol. The van der Waals surface area contributed by atoms with E-state index in [1.54, 1.807) is 0 Å². The third kappa shape index (κ3) is 4.00. The summed E-state index contributed by atoms with van der Waals surface area (Å²) < 4.78 is 6.47. The van der Waals surface area contributed by atoms with E-state index in [0.717, 1.165) is 49.5 Å². The zero-order valence-corrected chi connectivity index (χ0v) is 28.2. The third-order valence-corrected chi connectivity index (χ3v) is 11.3. The van der Waals surface area contributed by atoms with E-state index < -0.39 is 0 Å². The number of hydrogen-bond acceptors (Lipinski definition) is 5. The van der Waals surface area contributed by atoms with Crippen molar-refractivity contribution in [1.29, 1.82) is 0 Å².